The molecule has 0 radical (unpaired) electrons. The van der Waals surface area contributed by atoms with Crippen LogP contribution in [0.3, 0.4) is 0 Å². The van der Waals surface area contributed by atoms with Crippen LogP contribution in [-0.2, 0) is 17.8 Å². The molecule has 8 heteroatoms. The molecule has 1 aliphatic rings. The minimum Gasteiger partial charge on any atom is -0.384 e. The van der Waals surface area contributed by atoms with Gasteiger partial charge in [0.2, 0.25) is 5.91 Å². The Labute approximate surface area is 209 Å². The van der Waals surface area contributed by atoms with Crippen LogP contribution in [0.15, 0.2) is 83.8 Å². The van der Waals surface area contributed by atoms with Gasteiger partial charge < -0.3 is 16.4 Å². The molecule has 0 bridgehead atoms. The van der Waals surface area contributed by atoms with Crippen molar-refractivity contribution in [1.82, 2.24) is 14.5 Å². The highest BCUT2D eigenvalue weighted by molar-refractivity contribution is 5.79. The van der Waals surface area contributed by atoms with E-state index in [1.54, 1.807) is 12.3 Å². The van der Waals surface area contributed by atoms with Gasteiger partial charge in [0, 0.05) is 24.1 Å². The second kappa shape index (κ2) is 9.65. The molecule has 8 nitrogen and oxygen atoms in total. The number of hydrogen-bond acceptors (Lipinski definition) is 6. The fraction of sp³-hybridized carbons (Fsp3) is 0.214. The van der Waals surface area contributed by atoms with Crippen LogP contribution >= 0.6 is 0 Å². The Hall–Kier alpha value is -4.46. The van der Waals surface area contributed by atoms with Gasteiger partial charge in [0.05, 0.1) is 6.04 Å². The van der Waals surface area contributed by atoms with Crippen molar-refractivity contribution in [3.63, 3.8) is 0 Å². The van der Waals surface area contributed by atoms with Gasteiger partial charge in [-0.1, -0.05) is 66.7 Å². The molecule has 0 spiro atoms. The van der Waals surface area contributed by atoms with E-state index in [4.69, 9.17) is 11.5 Å². The number of rotatable bonds is 7. The lowest BCUT2D eigenvalue weighted by molar-refractivity contribution is -0.121. The summed E-state index contributed by atoms with van der Waals surface area (Å²) in [5.41, 5.74) is 15.6. The first kappa shape index (κ1) is 23.3. The number of primary amides is 1. The molecule has 4 N–H and O–H groups in total. The van der Waals surface area contributed by atoms with Crippen LogP contribution in [0, 0.1) is 6.92 Å². The number of amides is 1. The summed E-state index contributed by atoms with van der Waals surface area (Å²) in [5.74, 6) is 0.173. The second-order valence-corrected chi connectivity index (χ2v) is 9.04. The lowest BCUT2D eigenvalue weighted by Gasteiger charge is -2.34. The van der Waals surface area contributed by atoms with Crippen molar-refractivity contribution in [1.29, 1.82) is 0 Å². The number of carbonyl (C=O) groups is 1. The van der Waals surface area contributed by atoms with Crippen LogP contribution in [0.25, 0.3) is 0 Å². The van der Waals surface area contributed by atoms with Crippen molar-refractivity contribution < 1.29 is 4.79 Å². The molecule has 36 heavy (non-hydrogen) atoms. The molecule has 182 valence electrons. The third-order valence-electron chi connectivity index (χ3n) is 6.74. The van der Waals surface area contributed by atoms with E-state index in [0.29, 0.717) is 30.9 Å². The van der Waals surface area contributed by atoms with Crippen molar-refractivity contribution in [2.24, 2.45) is 5.73 Å². The molecule has 0 saturated heterocycles. The van der Waals surface area contributed by atoms with E-state index in [9.17, 15) is 9.59 Å². The Morgan fingerprint density at radius 3 is 2.28 bits per heavy atom. The van der Waals surface area contributed by atoms with Crippen molar-refractivity contribution in [2.75, 3.05) is 10.6 Å². The van der Waals surface area contributed by atoms with Crippen LogP contribution in [0.1, 0.15) is 46.6 Å². The largest absolute Gasteiger partial charge is 0.384 e. The minimum absolute atomic E-state index is 0.251. The molecular weight excluding hydrogens is 452 g/mol. The van der Waals surface area contributed by atoms with E-state index in [1.807, 2.05) is 78.6 Å². The number of aromatic nitrogens is 3. The fourth-order valence-corrected chi connectivity index (χ4v) is 4.97. The highest BCUT2D eigenvalue weighted by atomic mass is 16.2. The Morgan fingerprint density at radius 1 is 1.06 bits per heavy atom. The van der Waals surface area contributed by atoms with Crippen LogP contribution in [0.2, 0.25) is 0 Å². The Morgan fingerprint density at radius 2 is 1.69 bits per heavy atom. The fourth-order valence-electron chi connectivity index (χ4n) is 4.97. The van der Waals surface area contributed by atoms with Gasteiger partial charge in [-0.15, -0.1) is 0 Å². The summed E-state index contributed by atoms with van der Waals surface area (Å²) in [6.07, 6.45) is 2.77. The number of pyridine rings is 1. The minimum atomic E-state index is -0.678. The normalized spacial score (nSPS) is 14.6. The molecule has 5 rings (SSSR count). The van der Waals surface area contributed by atoms with Gasteiger partial charge in [0.15, 0.2) is 5.82 Å². The Kier molecular flexibility index (Phi) is 6.25. The van der Waals surface area contributed by atoms with Gasteiger partial charge in [-0.3, -0.25) is 14.2 Å². The average molecular weight is 481 g/mol. The van der Waals surface area contributed by atoms with Crippen LogP contribution in [-0.4, -0.2) is 20.4 Å². The van der Waals surface area contributed by atoms with Crippen LogP contribution < -0.4 is 21.9 Å². The van der Waals surface area contributed by atoms with E-state index in [-0.39, 0.29) is 17.4 Å². The van der Waals surface area contributed by atoms with Crippen LogP contribution in [0.4, 0.5) is 11.6 Å². The summed E-state index contributed by atoms with van der Waals surface area (Å²) < 4.78 is 1.51. The lowest BCUT2D eigenvalue weighted by atomic mass is 9.96. The number of anilines is 2. The molecule has 2 aromatic heterocycles. The third kappa shape index (κ3) is 4.33. The summed E-state index contributed by atoms with van der Waals surface area (Å²) in [6, 6.07) is 22.7. The first-order chi connectivity index (χ1) is 17.4. The molecule has 0 saturated carbocycles. The Bertz CT molecular complexity index is 1410. The van der Waals surface area contributed by atoms with Crippen molar-refractivity contribution >= 4 is 17.5 Å². The maximum Gasteiger partial charge on any atom is 0.294 e. The Balaban J connectivity index is 1.73. The summed E-state index contributed by atoms with van der Waals surface area (Å²) in [4.78, 5) is 37.1. The van der Waals surface area contributed by atoms with Crippen LogP contribution in [0.5, 0.6) is 0 Å². The molecule has 1 amide bonds. The molecule has 0 unspecified atom stereocenters. The third-order valence-corrected chi connectivity index (χ3v) is 6.74. The highest BCUT2D eigenvalue weighted by Crippen LogP contribution is 2.34. The van der Waals surface area contributed by atoms with E-state index in [1.165, 1.54) is 4.57 Å². The summed E-state index contributed by atoms with van der Waals surface area (Å²) in [7, 11) is 0. The number of fused-ring (bicyclic) bond motifs is 1. The van der Waals surface area contributed by atoms with Gasteiger partial charge in [0.25, 0.3) is 5.56 Å². The molecule has 1 aliphatic heterocycles. The molecule has 3 heterocycles. The van der Waals surface area contributed by atoms with Crippen molar-refractivity contribution in [3.05, 3.63) is 117 Å². The number of aryl methyl sites for hydroxylation is 2. The van der Waals surface area contributed by atoms with Gasteiger partial charge in [0.1, 0.15) is 11.9 Å². The molecule has 0 fully saturated rings. The smallest absolute Gasteiger partial charge is 0.294 e. The van der Waals surface area contributed by atoms with E-state index >= 15 is 0 Å². The zero-order chi connectivity index (χ0) is 25.2. The van der Waals surface area contributed by atoms with Crippen molar-refractivity contribution in [2.45, 2.75) is 38.4 Å². The van der Waals surface area contributed by atoms with Crippen molar-refractivity contribution in [3.8, 4) is 0 Å². The second-order valence-electron chi connectivity index (χ2n) is 9.04. The maximum atomic E-state index is 13.9. The topological polar surface area (TPSA) is 120 Å². The van der Waals surface area contributed by atoms with Gasteiger partial charge in [-0.05, 0) is 42.5 Å². The number of hydrogen-bond donors (Lipinski definition) is 2. The predicted molar refractivity (Wildman–Crippen MR) is 139 cm³/mol. The zero-order valence-corrected chi connectivity index (χ0v) is 20.0. The maximum absolute atomic E-state index is 13.9. The average Bonchev–Trinajstić information content (AvgIpc) is 3.32. The first-order valence-electron chi connectivity index (χ1n) is 11.9. The molecule has 2 aromatic carbocycles. The summed E-state index contributed by atoms with van der Waals surface area (Å²) in [5, 5.41) is 0. The first-order valence-corrected chi connectivity index (χ1v) is 11.9. The van der Waals surface area contributed by atoms with E-state index < -0.39 is 11.9 Å². The summed E-state index contributed by atoms with van der Waals surface area (Å²) >= 11 is 0. The number of carbonyl (C=O) groups excluding carboxylic acids is 1. The van der Waals surface area contributed by atoms with Gasteiger partial charge in [-0.25, -0.2) is 9.97 Å². The zero-order valence-electron chi connectivity index (χ0n) is 20.0. The van der Waals surface area contributed by atoms with E-state index in [0.717, 1.165) is 22.4 Å². The number of nitrogen functional groups attached to an aromatic ring is 1. The molecular formula is C28H28N6O2. The van der Waals surface area contributed by atoms with Gasteiger partial charge in [-0.2, -0.15) is 0 Å². The van der Waals surface area contributed by atoms with Gasteiger partial charge >= 0.3 is 0 Å². The lowest BCUT2D eigenvalue weighted by Crippen LogP contribution is -2.39. The van der Waals surface area contributed by atoms with E-state index in [2.05, 4.69) is 9.97 Å². The highest BCUT2D eigenvalue weighted by Gasteiger charge is 2.33. The standard InChI is InChI=1S/C28H28N6O2/c1-18-21(12-15-24(29)32-18)17-33(25(19-8-4-2-5-9-19)20-10-6-3-7-11-20)27-28(36)34-22(16-31-27)13-14-23(34)26(30)35/h2-12,15-16,23,25H,13-14,17H2,1H3,(H2,29,32)(H2,30,35)/t23-/m0/s1. The molecule has 4 aromatic rings. The SMILES string of the molecule is Cc1nc(N)ccc1CN(c1ncc2n(c1=O)[C@H](C(N)=O)CC2)C(c1ccccc1)c1ccccc1. The number of nitrogens with zero attached hydrogens (tertiary/aromatic N) is 4. The quantitative estimate of drug-likeness (QED) is 0.419. The summed E-state index contributed by atoms with van der Waals surface area (Å²) in [6.45, 7) is 2.26. The molecule has 0 aliphatic carbocycles. The predicted octanol–water partition coefficient (Wildman–Crippen LogP) is 3.30. The monoisotopic (exact) mass is 480 g/mol. The number of nitrogens with two attached hydrogens (primary N) is 2. The molecule has 1 atom stereocenters. The number of benzene rings is 2.